The van der Waals surface area contributed by atoms with E-state index in [4.69, 9.17) is 4.74 Å². The van der Waals surface area contributed by atoms with Gasteiger partial charge in [0.15, 0.2) is 6.04 Å². The van der Waals surface area contributed by atoms with Crippen molar-refractivity contribution in [3.63, 3.8) is 0 Å². The fourth-order valence-corrected chi connectivity index (χ4v) is 4.41. The van der Waals surface area contributed by atoms with Gasteiger partial charge in [-0.05, 0) is 49.8 Å². The normalized spacial score (nSPS) is 27.8. The lowest BCUT2D eigenvalue weighted by Gasteiger charge is -2.40. The van der Waals surface area contributed by atoms with Gasteiger partial charge in [0.2, 0.25) is 0 Å². The van der Waals surface area contributed by atoms with Gasteiger partial charge in [0.25, 0.3) is 5.91 Å². The van der Waals surface area contributed by atoms with Crippen molar-refractivity contribution in [1.29, 1.82) is 0 Å². The van der Waals surface area contributed by atoms with Crippen LogP contribution in [0.25, 0.3) is 0 Å². The predicted molar refractivity (Wildman–Crippen MR) is 95.1 cm³/mol. The lowest BCUT2D eigenvalue weighted by Crippen LogP contribution is -3.18. The number of hydrogen-bond donors (Lipinski definition) is 2. The van der Waals surface area contributed by atoms with Crippen molar-refractivity contribution in [2.75, 3.05) is 20.2 Å². The summed E-state index contributed by atoms with van der Waals surface area (Å²) in [7, 11) is 1.66. The minimum atomic E-state index is 0.0473. The van der Waals surface area contributed by atoms with Gasteiger partial charge in [-0.3, -0.25) is 4.79 Å². The number of amides is 1. The Balaban J connectivity index is 1.49. The molecular formula is C20H31N2O2+. The lowest BCUT2D eigenvalue weighted by molar-refractivity contribution is -0.924. The lowest BCUT2D eigenvalue weighted by atomic mass is 9.75. The van der Waals surface area contributed by atoms with Crippen molar-refractivity contribution in [2.24, 2.45) is 11.8 Å². The van der Waals surface area contributed by atoms with Gasteiger partial charge in [-0.2, -0.15) is 0 Å². The summed E-state index contributed by atoms with van der Waals surface area (Å²) in [5.41, 5.74) is 1.11. The Hall–Kier alpha value is -1.55. The molecule has 1 heterocycles. The van der Waals surface area contributed by atoms with E-state index >= 15 is 0 Å². The van der Waals surface area contributed by atoms with Gasteiger partial charge in [-0.15, -0.1) is 0 Å². The van der Waals surface area contributed by atoms with Gasteiger partial charge in [0.05, 0.1) is 20.2 Å². The molecule has 2 aliphatic rings. The second-order valence-corrected chi connectivity index (χ2v) is 7.49. The van der Waals surface area contributed by atoms with Crippen LogP contribution in [0.4, 0.5) is 0 Å². The summed E-state index contributed by atoms with van der Waals surface area (Å²) in [6, 6.07) is 7.92. The molecule has 4 heteroatoms. The van der Waals surface area contributed by atoms with Crippen LogP contribution in [0.2, 0.25) is 0 Å². The maximum atomic E-state index is 12.5. The molecule has 4 atom stereocenters. The average Bonchev–Trinajstić information content (AvgIpc) is 2.65. The minimum Gasteiger partial charge on any atom is -0.497 e. The fraction of sp³-hybridized carbons (Fsp3) is 0.650. The van der Waals surface area contributed by atoms with E-state index in [2.05, 4.69) is 12.2 Å². The molecule has 1 aliphatic carbocycles. The monoisotopic (exact) mass is 331 g/mol. The van der Waals surface area contributed by atoms with Crippen LogP contribution >= 0.6 is 0 Å². The molecule has 2 fully saturated rings. The van der Waals surface area contributed by atoms with Gasteiger partial charge >= 0.3 is 0 Å². The molecule has 24 heavy (non-hydrogen) atoms. The number of likely N-dealkylation sites (tertiary alicyclic amines) is 1. The molecule has 0 spiro atoms. The predicted octanol–water partition coefficient (Wildman–Crippen LogP) is 1.79. The maximum Gasteiger partial charge on any atom is 0.278 e. The zero-order chi connectivity index (χ0) is 16.9. The number of benzene rings is 1. The third-order valence-corrected chi connectivity index (χ3v) is 6.06. The van der Waals surface area contributed by atoms with Crippen molar-refractivity contribution in [3.05, 3.63) is 29.8 Å². The number of rotatable bonds is 5. The van der Waals surface area contributed by atoms with E-state index in [0.717, 1.165) is 29.7 Å². The molecule has 1 aromatic carbocycles. The Morgan fingerprint density at radius 1 is 1.21 bits per heavy atom. The number of carbonyl (C=O) groups is 1. The van der Waals surface area contributed by atoms with Crippen LogP contribution in [0.5, 0.6) is 5.75 Å². The summed E-state index contributed by atoms with van der Waals surface area (Å²) in [6.45, 7) is 5.01. The highest BCUT2D eigenvalue weighted by Crippen LogP contribution is 2.32. The van der Waals surface area contributed by atoms with E-state index in [1.807, 2.05) is 24.3 Å². The van der Waals surface area contributed by atoms with Crippen LogP contribution in [0.1, 0.15) is 44.6 Å². The molecule has 1 aromatic rings. The highest BCUT2D eigenvalue weighted by Gasteiger charge is 2.37. The van der Waals surface area contributed by atoms with Crippen LogP contribution in [-0.2, 0) is 11.3 Å². The standard InChI is InChI=1S/C20H30N2O2/c1-15(22-12-11-17-5-3-4-6-18(17)14-22)20(23)21-13-16-7-9-19(24-2)10-8-16/h7-10,15,17-18H,3-6,11-14H2,1-2H3,(H,21,23)/p+1/t15-,17-,18+/m0/s1. The molecule has 3 rings (SSSR count). The van der Waals surface area contributed by atoms with Crippen LogP contribution < -0.4 is 15.0 Å². The third-order valence-electron chi connectivity index (χ3n) is 6.06. The van der Waals surface area contributed by atoms with Gasteiger partial charge in [-0.25, -0.2) is 0 Å². The van der Waals surface area contributed by atoms with Crippen LogP contribution in [-0.4, -0.2) is 32.1 Å². The number of quaternary nitrogens is 1. The number of piperidine rings is 1. The van der Waals surface area contributed by atoms with E-state index in [-0.39, 0.29) is 11.9 Å². The summed E-state index contributed by atoms with van der Waals surface area (Å²) in [5, 5.41) is 3.10. The second-order valence-electron chi connectivity index (χ2n) is 7.49. The Morgan fingerprint density at radius 2 is 1.92 bits per heavy atom. The summed E-state index contributed by atoms with van der Waals surface area (Å²) < 4.78 is 5.16. The van der Waals surface area contributed by atoms with Gasteiger partial charge < -0.3 is 15.0 Å². The molecule has 1 aliphatic heterocycles. The van der Waals surface area contributed by atoms with Crippen molar-refractivity contribution in [1.82, 2.24) is 5.32 Å². The molecule has 1 saturated heterocycles. The van der Waals surface area contributed by atoms with Crippen molar-refractivity contribution < 1.29 is 14.4 Å². The first kappa shape index (κ1) is 17.3. The van der Waals surface area contributed by atoms with E-state index in [0.29, 0.717) is 6.54 Å². The quantitative estimate of drug-likeness (QED) is 0.864. The molecule has 1 amide bonds. The van der Waals surface area contributed by atoms with E-state index in [1.165, 1.54) is 43.5 Å². The highest BCUT2D eigenvalue weighted by molar-refractivity contribution is 5.79. The Labute approximate surface area is 145 Å². The molecule has 2 N–H and O–H groups in total. The van der Waals surface area contributed by atoms with Crippen molar-refractivity contribution >= 4 is 5.91 Å². The second kappa shape index (κ2) is 8.02. The molecule has 1 saturated carbocycles. The molecule has 0 radical (unpaired) electrons. The average molecular weight is 331 g/mol. The molecule has 132 valence electrons. The summed E-state index contributed by atoms with van der Waals surface area (Å²) >= 11 is 0. The van der Waals surface area contributed by atoms with E-state index < -0.39 is 0 Å². The van der Waals surface area contributed by atoms with Crippen LogP contribution in [0.15, 0.2) is 24.3 Å². The Kier molecular flexibility index (Phi) is 5.77. The van der Waals surface area contributed by atoms with E-state index in [1.54, 1.807) is 7.11 Å². The number of fused-ring (bicyclic) bond motifs is 1. The van der Waals surface area contributed by atoms with Gasteiger partial charge in [0.1, 0.15) is 5.75 Å². The zero-order valence-corrected chi connectivity index (χ0v) is 15.0. The maximum absolute atomic E-state index is 12.5. The largest absolute Gasteiger partial charge is 0.497 e. The van der Waals surface area contributed by atoms with Crippen molar-refractivity contribution in [3.8, 4) is 5.75 Å². The first-order chi connectivity index (χ1) is 11.7. The molecule has 4 nitrogen and oxygen atoms in total. The number of ether oxygens (including phenoxy) is 1. The summed E-state index contributed by atoms with van der Waals surface area (Å²) in [5.74, 6) is 2.80. The molecule has 0 aromatic heterocycles. The molecule has 1 unspecified atom stereocenters. The summed E-state index contributed by atoms with van der Waals surface area (Å²) in [6.07, 6.45) is 6.88. The first-order valence-corrected chi connectivity index (χ1v) is 9.42. The highest BCUT2D eigenvalue weighted by atomic mass is 16.5. The zero-order valence-electron chi connectivity index (χ0n) is 15.0. The number of methoxy groups -OCH3 is 1. The SMILES string of the molecule is COc1ccc(CNC(=O)[C@H](C)[NH+]2CC[C@@H]3CCCC[C@@H]3C2)cc1. The minimum absolute atomic E-state index is 0.0473. The first-order valence-electron chi connectivity index (χ1n) is 9.42. The number of nitrogens with one attached hydrogen (secondary N) is 2. The van der Waals surface area contributed by atoms with Gasteiger partial charge in [0, 0.05) is 12.5 Å². The van der Waals surface area contributed by atoms with Crippen molar-refractivity contribution in [2.45, 2.75) is 51.6 Å². The third kappa shape index (κ3) is 4.10. The number of carbonyl (C=O) groups excluding carboxylic acids is 1. The topological polar surface area (TPSA) is 42.8 Å². The Bertz CT molecular complexity index is 543. The molecule has 0 bridgehead atoms. The van der Waals surface area contributed by atoms with E-state index in [9.17, 15) is 4.79 Å². The Morgan fingerprint density at radius 3 is 2.62 bits per heavy atom. The molecular weight excluding hydrogens is 300 g/mol. The van der Waals surface area contributed by atoms with Crippen LogP contribution in [0, 0.1) is 11.8 Å². The van der Waals surface area contributed by atoms with Gasteiger partial charge in [-0.1, -0.05) is 25.0 Å². The summed E-state index contributed by atoms with van der Waals surface area (Å²) in [4.78, 5) is 14.0. The fourth-order valence-electron chi connectivity index (χ4n) is 4.41. The smallest absolute Gasteiger partial charge is 0.278 e. The van der Waals surface area contributed by atoms with Crippen LogP contribution in [0.3, 0.4) is 0 Å². The number of hydrogen-bond acceptors (Lipinski definition) is 2.